The predicted octanol–water partition coefficient (Wildman–Crippen LogP) is 2.98. The molecule has 4 nitrogen and oxygen atoms in total. The van der Waals surface area contributed by atoms with Crippen LogP contribution in [0.2, 0.25) is 5.02 Å². The van der Waals surface area contributed by atoms with Crippen LogP contribution in [0, 0.1) is 0 Å². The summed E-state index contributed by atoms with van der Waals surface area (Å²) >= 11 is 5.96. The number of aliphatic carboxylic acids is 1. The smallest absolute Gasteiger partial charge is 0.416 e. The molecule has 8 heteroatoms. The number of benzene rings is 1. The maximum absolute atomic E-state index is 12.8. The third kappa shape index (κ3) is 3.35. The highest BCUT2D eigenvalue weighted by molar-refractivity contribution is 6.32. The normalized spacial score (nSPS) is 16.2. The fraction of sp³-hybridized carbons (Fsp3) is 0.429. The third-order valence-electron chi connectivity index (χ3n) is 3.62. The number of nitrogens with one attached hydrogen (secondary N) is 1. The van der Waals surface area contributed by atoms with Crippen molar-refractivity contribution in [2.24, 2.45) is 0 Å². The minimum Gasteiger partial charge on any atom is -0.481 e. The van der Waals surface area contributed by atoms with E-state index in [-0.39, 0.29) is 23.6 Å². The van der Waals surface area contributed by atoms with Crippen LogP contribution >= 0.6 is 11.6 Å². The number of alkyl halides is 3. The summed E-state index contributed by atoms with van der Waals surface area (Å²) in [5.74, 6) is -1.56. The minimum absolute atomic E-state index is 0.0769. The maximum Gasteiger partial charge on any atom is 0.416 e. The summed E-state index contributed by atoms with van der Waals surface area (Å²) in [5.41, 5.74) is -1.81. The first kappa shape index (κ1) is 16.6. The Bertz CT molecular complexity index is 612. The first-order valence-electron chi connectivity index (χ1n) is 6.54. The molecule has 1 saturated carbocycles. The van der Waals surface area contributed by atoms with E-state index in [4.69, 9.17) is 16.7 Å². The summed E-state index contributed by atoms with van der Waals surface area (Å²) in [6.45, 7) is -0.0769. The van der Waals surface area contributed by atoms with Gasteiger partial charge in [0.1, 0.15) is 0 Å². The maximum atomic E-state index is 12.8. The number of carbonyl (C=O) groups excluding carboxylic acids is 1. The van der Waals surface area contributed by atoms with Crippen molar-refractivity contribution in [3.8, 4) is 0 Å². The molecule has 22 heavy (non-hydrogen) atoms. The SMILES string of the molecule is O=C(O)CCNC(=O)C1(c2cc(C(F)(F)F)ccc2Cl)CC1. The van der Waals surface area contributed by atoms with Crippen molar-refractivity contribution >= 4 is 23.5 Å². The Labute approximate surface area is 129 Å². The van der Waals surface area contributed by atoms with Crippen LogP contribution in [0.4, 0.5) is 13.2 Å². The molecule has 0 atom stereocenters. The molecule has 2 rings (SSSR count). The monoisotopic (exact) mass is 335 g/mol. The molecule has 1 aliphatic carbocycles. The Morgan fingerprint density at radius 2 is 1.95 bits per heavy atom. The molecule has 0 spiro atoms. The molecule has 1 aliphatic rings. The second kappa shape index (κ2) is 5.79. The Balaban J connectivity index is 2.23. The summed E-state index contributed by atoms with van der Waals surface area (Å²) in [5, 5.41) is 11.1. The highest BCUT2D eigenvalue weighted by atomic mass is 35.5. The fourth-order valence-corrected chi connectivity index (χ4v) is 2.56. The molecular weight excluding hydrogens is 323 g/mol. The Kier molecular flexibility index (Phi) is 4.37. The van der Waals surface area contributed by atoms with E-state index in [1.807, 2.05) is 0 Å². The van der Waals surface area contributed by atoms with E-state index in [0.29, 0.717) is 12.8 Å². The molecule has 0 radical (unpaired) electrons. The van der Waals surface area contributed by atoms with Crippen molar-refractivity contribution in [3.63, 3.8) is 0 Å². The largest absolute Gasteiger partial charge is 0.481 e. The summed E-state index contributed by atoms with van der Waals surface area (Å²) in [6, 6.07) is 2.89. The molecule has 120 valence electrons. The van der Waals surface area contributed by atoms with Crippen molar-refractivity contribution in [3.05, 3.63) is 34.3 Å². The number of hydrogen-bond acceptors (Lipinski definition) is 2. The van der Waals surface area contributed by atoms with Gasteiger partial charge in [0.25, 0.3) is 0 Å². The first-order chi connectivity index (χ1) is 10.2. The van der Waals surface area contributed by atoms with Gasteiger partial charge in [0.15, 0.2) is 0 Å². The molecule has 0 saturated heterocycles. The van der Waals surface area contributed by atoms with Crippen molar-refractivity contribution in [1.29, 1.82) is 0 Å². The van der Waals surface area contributed by atoms with Crippen LogP contribution < -0.4 is 5.32 Å². The van der Waals surface area contributed by atoms with Crippen molar-refractivity contribution in [2.75, 3.05) is 6.54 Å². The molecule has 0 bridgehead atoms. The molecule has 1 fully saturated rings. The van der Waals surface area contributed by atoms with Crippen LogP contribution in [0.15, 0.2) is 18.2 Å². The van der Waals surface area contributed by atoms with Crippen molar-refractivity contribution in [2.45, 2.75) is 30.9 Å². The van der Waals surface area contributed by atoms with E-state index < -0.39 is 29.0 Å². The molecule has 2 N–H and O–H groups in total. The zero-order valence-corrected chi connectivity index (χ0v) is 12.1. The molecule has 0 aromatic heterocycles. The number of carboxylic acids is 1. The zero-order chi connectivity index (χ0) is 16.5. The standard InChI is InChI=1S/C14H13ClF3NO3/c15-10-2-1-8(14(16,17)18)7-9(10)13(4-5-13)12(22)19-6-3-11(20)21/h1-2,7H,3-6H2,(H,19,22)(H,20,21). The van der Waals surface area contributed by atoms with Crippen LogP contribution in [0.3, 0.4) is 0 Å². The summed E-state index contributed by atoms with van der Waals surface area (Å²) in [4.78, 5) is 22.6. The number of carbonyl (C=O) groups is 2. The van der Waals surface area contributed by atoms with Gasteiger partial charge in [-0.1, -0.05) is 11.6 Å². The lowest BCUT2D eigenvalue weighted by Gasteiger charge is -2.18. The second-order valence-corrected chi connectivity index (χ2v) is 5.58. The quantitative estimate of drug-likeness (QED) is 0.869. The van der Waals surface area contributed by atoms with Crippen LogP contribution in [0.5, 0.6) is 0 Å². The summed E-state index contributed by atoms with van der Waals surface area (Å²) in [6.07, 6.45) is -4.01. The average Bonchev–Trinajstić information content (AvgIpc) is 3.18. The number of rotatable bonds is 5. The van der Waals surface area contributed by atoms with Gasteiger partial charge in [-0.3, -0.25) is 9.59 Å². The number of amides is 1. The zero-order valence-electron chi connectivity index (χ0n) is 11.3. The number of carboxylic acid groups (broad SMARTS) is 1. The van der Waals surface area contributed by atoms with Gasteiger partial charge < -0.3 is 10.4 Å². The minimum atomic E-state index is -4.52. The van der Waals surface area contributed by atoms with Gasteiger partial charge in [-0.2, -0.15) is 13.2 Å². The number of halogens is 4. The van der Waals surface area contributed by atoms with Gasteiger partial charge in [-0.05, 0) is 36.6 Å². The lowest BCUT2D eigenvalue weighted by Crippen LogP contribution is -2.36. The predicted molar refractivity (Wildman–Crippen MR) is 72.6 cm³/mol. The fourth-order valence-electron chi connectivity index (χ4n) is 2.26. The van der Waals surface area contributed by atoms with E-state index >= 15 is 0 Å². The lowest BCUT2D eigenvalue weighted by molar-refractivity contribution is -0.138. The van der Waals surface area contributed by atoms with Gasteiger partial charge in [-0.25, -0.2) is 0 Å². The van der Waals surface area contributed by atoms with E-state index in [2.05, 4.69) is 5.32 Å². The molecule has 0 unspecified atom stereocenters. The van der Waals surface area contributed by atoms with Crippen molar-refractivity contribution in [1.82, 2.24) is 5.32 Å². The van der Waals surface area contributed by atoms with Gasteiger partial charge >= 0.3 is 12.1 Å². The molecule has 1 aromatic carbocycles. The Morgan fingerprint density at radius 3 is 2.45 bits per heavy atom. The Hall–Kier alpha value is -1.76. The van der Waals surface area contributed by atoms with Gasteiger partial charge in [0.05, 0.1) is 17.4 Å². The second-order valence-electron chi connectivity index (χ2n) is 5.17. The molecule has 1 amide bonds. The Morgan fingerprint density at radius 1 is 1.32 bits per heavy atom. The third-order valence-corrected chi connectivity index (χ3v) is 3.95. The molecular formula is C14H13ClF3NO3. The number of hydrogen-bond donors (Lipinski definition) is 2. The van der Waals surface area contributed by atoms with E-state index in [9.17, 15) is 22.8 Å². The summed E-state index contributed by atoms with van der Waals surface area (Å²) < 4.78 is 38.4. The van der Waals surface area contributed by atoms with E-state index in [1.165, 1.54) is 0 Å². The lowest BCUT2D eigenvalue weighted by atomic mass is 9.93. The van der Waals surface area contributed by atoms with E-state index in [1.54, 1.807) is 0 Å². The van der Waals surface area contributed by atoms with Crippen LogP contribution in [-0.4, -0.2) is 23.5 Å². The highest BCUT2D eigenvalue weighted by Crippen LogP contribution is 2.51. The summed E-state index contributed by atoms with van der Waals surface area (Å²) in [7, 11) is 0. The van der Waals surface area contributed by atoms with Crippen LogP contribution in [-0.2, 0) is 21.2 Å². The van der Waals surface area contributed by atoms with Crippen LogP contribution in [0.1, 0.15) is 30.4 Å². The van der Waals surface area contributed by atoms with Gasteiger partial charge in [0.2, 0.25) is 5.91 Å². The molecule has 0 heterocycles. The van der Waals surface area contributed by atoms with Gasteiger partial charge in [0, 0.05) is 11.6 Å². The van der Waals surface area contributed by atoms with Gasteiger partial charge in [-0.15, -0.1) is 0 Å². The molecule has 0 aliphatic heterocycles. The first-order valence-corrected chi connectivity index (χ1v) is 6.92. The molecule has 1 aromatic rings. The average molecular weight is 336 g/mol. The topological polar surface area (TPSA) is 66.4 Å². The highest BCUT2D eigenvalue weighted by Gasteiger charge is 2.52. The van der Waals surface area contributed by atoms with Crippen LogP contribution in [0.25, 0.3) is 0 Å². The van der Waals surface area contributed by atoms with Crippen molar-refractivity contribution < 1.29 is 27.9 Å². The van der Waals surface area contributed by atoms with E-state index in [0.717, 1.165) is 18.2 Å².